The van der Waals surface area contributed by atoms with Crippen LogP contribution in [0.1, 0.15) is 42.0 Å². The predicted molar refractivity (Wildman–Crippen MR) is 113 cm³/mol. The van der Waals surface area contributed by atoms with Crippen LogP contribution in [0.4, 0.5) is 5.69 Å². The number of imidazole rings is 1. The molecule has 2 N–H and O–H groups in total. The van der Waals surface area contributed by atoms with E-state index in [2.05, 4.69) is 16.5 Å². The fraction of sp³-hybridized carbons (Fsp3) is 0.444. The van der Waals surface area contributed by atoms with Gasteiger partial charge in [0.15, 0.2) is 0 Å². The summed E-state index contributed by atoms with van der Waals surface area (Å²) >= 11 is 6.11. The number of likely N-dealkylation sites (tertiary alicyclic amines) is 1. The minimum atomic E-state index is -0.0818. The number of methoxy groups -OCH3 is 1. The van der Waals surface area contributed by atoms with Crippen molar-refractivity contribution in [2.75, 3.05) is 25.9 Å². The van der Waals surface area contributed by atoms with Crippen LogP contribution in [-0.2, 0) is 6.42 Å². The Morgan fingerprint density at radius 2 is 2.15 bits per heavy atom. The maximum Gasteiger partial charge on any atom is 0.257 e. The number of ether oxygens (including phenoxy) is 1. The second-order valence-electron chi connectivity index (χ2n) is 6.23. The number of aromatic nitrogens is 2. The van der Waals surface area contributed by atoms with Crippen LogP contribution < -0.4 is 10.5 Å². The first-order valence-electron chi connectivity index (χ1n) is 8.49. The van der Waals surface area contributed by atoms with Gasteiger partial charge in [-0.3, -0.25) is 4.79 Å². The summed E-state index contributed by atoms with van der Waals surface area (Å²) < 4.78 is 7.51. The second kappa shape index (κ2) is 10.1. The van der Waals surface area contributed by atoms with Crippen LogP contribution in [-0.4, -0.2) is 40.6 Å². The van der Waals surface area contributed by atoms with E-state index < -0.39 is 0 Å². The number of nitrogens with two attached hydrogens (primary N) is 1. The van der Waals surface area contributed by atoms with Gasteiger partial charge in [0.1, 0.15) is 11.6 Å². The third-order valence-electron chi connectivity index (χ3n) is 4.69. The van der Waals surface area contributed by atoms with Crippen LogP contribution in [0, 0.1) is 0 Å². The fourth-order valence-electron chi connectivity index (χ4n) is 3.39. The molecule has 1 atom stereocenters. The lowest BCUT2D eigenvalue weighted by molar-refractivity contribution is 0.0674. The monoisotopic (exact) mass is 434 g/mol. The number of aryl methyl sites for hydroxylation is 1. The summed E-state index contributed by atoms with van der Waals surface area (Å²) in [5.74, 6) is 1.42. The smallest absolute Gasteiger partial charge is 0.257 e. The number of piperidine rings is 1. The predicted octanol–water partition coefficient (Wildman–Crippen LogP) is 4.01. The molecular formula is C18H25Cl3N4O2. The third kappa shape index (κ3) is 4.81. The van der Waals surface area contributed by atoms with Crippen LogP contribution >= 0.6 is 36.4 Å². The van der Waals surface area contributed by atoms with Crippen LogP contribution in [0.3, 0.4) is 0 Å². The lowest BCUT2D eigenvalue weighted by Crippen LogP contribution is -2.41. The average molecular weight is 436 g/mol. The Balaban J connectivity index is 0.00000182. The summed E-state index contributed by atoms with van der Waals surface area (Å²) in [5, 5.41) is 0.362. The molecule has 27 heavy (non-hydrogen) atoms. The first kappa shape index (κ1) is 23.4. The number of hydrogen-bond acceptors (Lipinski definition) is 4. The molecule has 1 aliphatic rings. The molecule has 9 heteroatoms. The SMILES string of the molecule is CCc1nccn1C1CCCN(C(=O)c2cc(Cl)c(N)cc2OC)C1.Cl.Cl. The molecule has 1 unspecified atom stereocenters. The van der Waals surface area contributed by atoms with Gasteiger partial charge in [-0.1, -0.05) is 18.5 Å². The summed E-state index contributed by atoms with van der Waals surface area (Å²) in [6.07, 6.45) is 6.68. The van der Waals surface area contributed by atoms with Crippen LogP contribution in [0.25, 0.3) is 0 Å². The quantitative estimate of drug-likeness (QED) is 0.736. The van der Waals surface area contributed by atoms with Gasteiger partial charge >= 0.3 is 0 Å². The summed E-state index contributed by atoms with van der Waals surface area (Å²) in [4.78, 5) is 19.3. The van der Waals surface area contributed by atoms with Gasteiger partial charge in [-0.25, -0.2) is 4.98 Å². The molecule has 6 nitrogen and oxygen atoms in total. The van der Waals surface area contributed by atoms with Crippen molar-refractivity contribution in [3.05, 3.63) is 40.9 Å². The van der Waals surface area contributed by atoms with Gasteiger partial charge in [0.25, 0.3) is 5.91 Å². The number of hydrogen-bond donors (Lipinski definition) is 1. The van der Waals surface area contributed by atoms with E-state index in [0.29, 0.717) is 28.6 Å². The lowest BCUT2D eigenvalue weighted by atomic mass is 10.0. The second-order valence-corrected chi connectivity index (χ2v) is 6.63. The highest BCUT2D eigenvalue weighted by atomic mass is 35.5. The summed E-state index contributed by atoms with van der Waals surface area (Å²) in [6.45, 7) is 3.45. The number of carbonyl (C=O) groups excluding carboxylic acids is 1. The molecular weight excluding hydrogens is 411 g/mol. The molecule has 0 bridgehead atoms. The van der Waals surface area contributed by atoms with Crippen molar-refractivity contribution in [2.45, 2.75) is 32.2 Å². The van der Waals surface area contributed by atoms with E-state index in [4.69, 9.17) is 22.1 Å². The van der Waals surface area contributed by atoms with Gasteiger partial charge in [-0.2, -0.15) is 0 Å². The van der Waals surface area contributed by atoms with Crippen LogP contribution in [0.5, 0.6) is 5.75 Å². The Morgan fingerprint density at radius 1 is 1.41 bits per heavy atom. The number of amides is 1. The maximum absolute atomic E-state index is 13.0. The molecule has 2 aromatic rings. The highest BCUT2D eigenvalue weighted by Crippen LogP contribution is 2.31. The molecule has 150 valence electrons. The van der Waals surface area contributed by atoms with Crippen LogP contribution in [0.15, 0.2) is 24.5 Å². The van der Waals surface area contributed by atoms with E-state index >= 15 is 0 Å². The van der Waals surface area contributed by atoms with E-state index in [1.54, 1.807) is 12.1 Å². The average Bonchev–Trinajstić information content (AvgIpc) is 3.12. The Morgan fingerprint density at radius 3 is 2.81 bits per heavy atom. The van der Waals surface area contributed by atoms with Gasteiger partial charge in [-0.15, -0.1) is 24.8 Å². The number of nitrogens with zero attached hydrogens (tertiary/aromatic N) is 3. The zero-order valence-electron chi connectivity index (χ0n) is 15.4. The lowest BCUT2D eigenvalue weighted by Gasteiger charge is -2.34. The van der Waals surface area contributed by atoms with Gasteiger partial charge in [0.05, 0.1) is 29.4 Å². The van der Waals surface area contributed by atoms with Gasteiger partial charge < -0.3 is 19.9 Å². The van der Waals surface area contributed by atoms with Crippen LogP contribution in [0.2, 0.25) is 5.02 Å². The van der Waals surface area contributed by atoms with E-state index in [9.17, 15) is 4.79 Å². The van der Waals surface area contributed by atoms with E-state index in [1.165, 1.54) is 7.11 Å². The molecule has 1 saturated heterocycles. The molecule has 2 heterocycles. The maximum atomic E-state index is 13.0. The van der Waals surface area contributed by atoms with Crippen molar-refractivity contribution in [1.82, 2.24) is 14.5 Å². The molecule has 1 aromatic carbocycles. The van der Waals surface area contributed by atoms with Crippen molar-refractivity contribution in [2.24, 2.45) is 0 Å². The zero-order chi connectivity index (χ0) is 18.0. The molecule has 0 saturated carbocycles. The van der Waals surface area contributed by atoms with Crippen molar-refractivity contribution < 1.29 is 9.53 Å². The number of rotatable bonds is 4. The van der Waals surface area contributed by atoms with Crippen molar-refractivity contribution in [3.8, 4) is 5.75 Å². The molecule has 1 fully saturated rings. The first-order chi connectivity index (χ1) is 12.0. The molecule has 1 aromatic heterocycles. The third-order valence-corrected chi connectivity index (χ3v) is 5.02. The molecule has 0 radical (unpaired) electrons. The van der Waals surface area contributed by atoms with E-state index in [-0.39, 0.29) is 36.8 Å². The number of halogens is 3. The topological polar surface area (TPSA) is 73.4 Å². The molecule has 1 amide bonds. The fourth-order valence-corrected chi connectivity index (χ4v) is 3.56. The minimum Gasteiger partial charge on any atom is -0.496 e. The number of anilines is 1. The molecule has 0 aliphatic carbocycles. The van der Waals surface area contributed by atoms with Crippen molar-refractivity contribution in [1.29, 1.82) is 0 Å². The number of benzene rings is 1. The summed E-state index contributed by atoms with van der Waals surface area (Å²) in [7, 11) is 1.53. The normalized spacial score (nSPS) is 16.3. The summed E-state index contributed by atoms with van der Waals surface area (Å²) in [6, 6.07) is 3.43. The largest absolute Gasteiger partial charge is 0.496 e. The minimum absolute atomic E-state index is 0. The zero-order valence-corrected chi connectivity index (χ0v) is 17.7. The highest BCUT2D eigenvalue weighted by Gasteiger charge is 2.28. The molecule has 0 spiro atoms. The van der Waals surface area contributed by atoms with Crippen molar-refractivity contribution >= 4 is 48.0 Å². The van der Waals surface area contributed by atoms with Crippen molar-refractivity contribution in [3.63, 3.8) is 0 Å². The Labute approximate surface area is 176 Å². The standard InChI is InChI=1S/C18H23ClN4O2.2ClH/c1-3-17-21-6-8-23(17)12-5-4-7-22(11-12)18(24)13-9-14(19)15(20)10-16(13)25-2;;/h6,8-10,12H,3-5,7,11,20H2,1-2H3;2*1H. The number of carbonyl (C=O) groups is 1. The van der Waals surface area contributed by atoms with E-state index in [1.807, 2.05) is 17.3 Å². The molecule has 3 rings (SSSR count). The summed E-state index contributed by atoms with van der Waals surface area (Å²) in [5.41, 5.74) is 6.66. The van der Waals surface area contributed by atoms with Gasteiger partial charge in [0.2, 0.25) is 0 Å². The van der Waals surface area contributed by atoms with Gasteiger partial charge in [-0.05, 0) is 18.9 Å². The highest BCUT2D eigenvalue weighted by molar-refractivity contribution is 6.33. The van der Waals surface area contributed by atoms with Gasteiger partial charge in [0, 0.05) is 38.0 Å². The Kier molecular flexibility index (Phi) is 8.72. The Hall–Kier alpha value is -1.63. The first-order valence-corrected chi connectivity index (χ1v) is 8.87. The van der Waals surface area contributed by atoms with E-state index in [0.717, 1.165) is 31.6 Å². The Bertz CT molecular complexity index is 782. The number of nitrogen functional groups attached to an aromatic ring is 1. The molecule has 1 aliphatic heterocycles.